The van der Waals surface area contributed by atoms with Crippen LogP contribution in [0.25, 0.3) is 0 Å². The van der Waals surface area contributed by atoms with Gasteiger partial charge in [0.1, 0.15) is 11.6 Å². The van der Waals surface area contributed by atoms with E-state index in [4.69, 9.17) is 4.42 Å². The zero-order chi connectivity index (χ0) is 23.1. The van der Waals surface area contributed by atoms with Crippen molar-refractivity contribution in [3.63, 3.8) is 0 Å². The van der Waals surface area contributed by atoms with Crippen LogP contribution in [0, 0.1) is 11.6 Å². The normalized spacial score (nSPS) is 12.8. The van der Waals surface area contributed by atoms with Gasteiger partial charge in [0.2, 0.25) is 5.96 Å². The van der Waals surface area contributed by atoms with E-state index >= 15 is 0 Å². The number of sulfonamides is 1. The molecule has 0 radical (unpaired) electrons. The van der Waals surface area contributed by atoms with E-state index in [-0.39, 0.29) is 23.7 Å². The van der Waals surface area contributed by atoms with E-state index in [1.807, 2.05) is 0 Å². The van der Waals surface area contributed by atoms with Gasteiger partial charge in [-0.25, -0.2) is 27.2 Å². The number of guanidine groups is 1. The van der Waals surface area contributed by atoms with Crippen LogP contribution >= 0.6 is 0 Å². The van der Waals surface area contributed by atoms with Crippen LogP contribution < -0.4 is 16.2 Å². The number of hydrogen-bond donors (Lipinski definition) is 3. The van der Waals surface area contributed by atoms with E-state index in [2.05, 4.69) is 30.5 Å². The van der Waals surface area contributed by atoms with Crippen molar-refractivity contribution < 1.29 is 26.4 Å². The number of carbonyl (C=O) groups is 1. The smallest absolute Gasteiger partial charge is 0.305 e. The van der Waals surface area contributed by atoms with Crippen molar-refractivity contribution in [2.24, 2.45) is 4.40 Å². The van der Waals surface area contributed by atoms with E-state index in [0.29, 0.717) is 0 Å². The van der Waals surface area contributed by atoms with Gasteiger partial charge in [0.15, 0.2) is 11.6 Å². The molecule has 1 unspecified atom stereocenters. The zero-order valence-corrected chi connectivity index (χ0v) is 17.4. The molecule has 2 aromatic heterocycles. The summed E-state index contributed by atoms with van der Waals surface area (Å²) >= 11 is 0. The van der Waals surface area contributed by atoms with E-state index in [1.165, 1.54) is 43.5 Å². The highest BCUT2D eigenvalue weighted by molar-refractivity contribution is 7.90. The van der Waals surface area contributed by atoms with Gasteiger partial charge in [-0.15, -0.1) is 4.40 Å². The van der Waals surface area contributed by atoms with Crippen molar-refractivity contribution in [1.82, 2.24) is 20.8 Å². The molecule has 13 heteroatoms. The van der Waals surface area contributed by atoms with Crippen LogP contribution in [0.3, 0.4) is 0 Å². The second kappa shape index (κ2) is 9.96. The minimum Gasteiger partial charge on any atom is -0.459 e. The van der Waals surface area contributed by atoms with Crippen LogP contribution in [0.1, 0.15) is 23.3 Å². The molecule has 0 aliphatic carbocycles. The van der Waals surface area contributed by atoms with Crippen molar-refractivity contribution in [2.45, 2.75) is 18.6 Å². The number of aromatic nitrogens is 2. The average molecular weight is 464 g/mol. The molecule has 2 heterocycles. The Hall–Kier alpha value is -3.87. The maximum Gasteiger partial charge on any atom is 0.305 e. The third kappa shape index (κ3) is 6.07. The largest absolute Gasteiger partial charge is 0.459 e. The number of hydrogen-bond acceptors (Lipinski definition) is 6. The van der Waals surface area contributed by atoms with Gasteiger partial charge < -0.3 is 9.73 Å². The van der Waals surface area contributed by atoms with Crippen LogP contribution in [0.5, 0.6) is 0 Å². The van der Waals surface area contributed by atoms with Crippen molar-refractivity contribution in [3.05, 3.63) is 78.3 Å². The lowest BCUT2D eigenvalue weighted by Crippen LogP contribution is -2.45. The summed E-state index contributed by atoms with van der Waals surface area (Å²) in [6.45, 7) is 1.35. The maximum absolute atomic E-state index is 14.0. The summed E-state index contributed by atoms with van der Waals surface area (Å²) in [5, 5.41) is 1.37. The first-order valence-corrected chi connectivity index (χ1v) is 10.7. The fourth-order valence-electron chi connectivity index (χ4n) is 2.38. The first kappa shape index (κ1) is 22.8. The summed E-state index contributed by atoms with van der Waals surface area (Å²) in [7, 11) is -4.21. The quantitative estimate of drug-likeness (QED) is 0.286. The molecule has 3 rings (SSSR count). The van der Waals surface area contributed by atoms with E-state index in [9.17, 15) is 22.0 Å². The molecule has 3 N–H and O–H groups in total. The van der Waals surface area contributed by atoms with Gasteiger partial charge in [-0.05, 0) is 31.2 Å². The topological polar surface area (TPSA) is 139 Å². The predicted molar refractivity (Wildman–Crippen MR) is 111 cm³/mol. The maximum atomic E-state index is 14.0. The molecule has 1 aromatic carbocycles. The fourth-order valence-corrected chi connectivity index (χ4v) is 3.26. The average Bonchev–Trinajstić information content (AvgIpc) is 3.30. The van der Waals surface area contributed by atoms with Gasteiger partial charge in [0.05, 0.1) is 29.6 Å². The van der Waals surface area contributed by atoms with Gasteiger partial charge >= 0.3 is 5.91 Å². The van der Waals surface area contributed by atoms with E-state index < -0.39 is 38.8 Å². The van der Waals surface area contributed by atoms with Crippen LogP contribution in [-0.4, -0.2) is 35.5 Å². The van der Waals surface area contributed by atoms with Gasteiger partial charge in [0.25, 0.3) is 10.0 Å². The Labute approximate surface area is 181 Å². The molecule has 0 fully saturated rings. The molecular weight excluding hydrogens is 446 g/mol. The first-order valence-electron chi connectivity index (χ1n) is 9.16. The Morgan fingerprint density at radius 3 is 2.50 bits per heavy atom. The van der Waals surface area contributed by atoms with Crippen LogP contribution in [0.2, 0.25) is 0 Å². The Balaban J connectivity index is 1.81. The number of nitrogens with zero attached hydrogens (tertiary/aromatic N) is 3. The Bertz CT molecular complexity index is 1200. The number of furan rings is 1. The van der Waals surface area contributed by atoms with Gasteiger partial charge in [-0.3, -0.25) is 15.6 Å². The van der Waals surface area contributed by atoms with Crippen molar-refractivity contribution in [1.29, 1.82) is 0 Å². The van der Waals surface area contributed by atoms with E-state index in [0.717, 1.165) is 18.5 Å². The highest BCUT2D eigenvalue weighted by Gasteiger charge is 2.23. The minimum absolute atomic E-state index is 0.0487. The second-order valence-corrected chi connectivity index (χ2v) is 8.47. The SMILES string of the molecule is CC(Cc1ncc(F)cn1)S(=O)(=O)N=C(NNC(=O)c1ccco1)Nc1ccccc1F. The molecule has 3 aromatic rings. The highest BCUT2D eigenvalue weighted by Crippen LogP contribution is 2.14. The number of amides is 1. The Kier molecular flexibility index (Phi) is 7.10. The summed E-state index contributed by atoms with van der Waals surface area (Å²) in [4.78, 5) is 19.5. The summed E-state index contributed by atoms with van der Waals surface area (Å²) in [6, 6.07) is 8.36. The molecule has 1 amide bonds. The number of benzene rings is 1. The number of para-hydroxylation sites is 1. The summed E-state index contributed by atoms with van der Waals surface area (Å²) in [5.41, 5.74) is 4.44. The Morgan fingerprint density at radius 2 is 1.84 bits per heavy atom. The molecule has 168 valence electrons. The lowest BCUT2D eigenvalue weighted by Gasteiger charge is -2.15. The van der Waals surface area contributed by atoms with Crippen molar-refractivity contribution in [3.8, 4) is 0 Å². The fraction of sp³-hybridized carbons (Fsp3) is 0.158. The number of rotatable bonds is 6. The predicted octanol–water partition coefficient (Wildman–Crippen LogP) is 2.01. The van der Waals surface area contributed by atoms with E-state index in [1.54, 1.807) is 0 Å². The monoisotopic (exact) mass is 464 g/mol. The molecule has 0 spiro atoms. The Morgan fingerprint density at radius 1 is 1.12 bits per heavy atom. The third-order valence-corrected chi connectivity index (χ3v) is 5.66. The van der Waals surface area contributed by atoms with Gasteiger partial charge in [0, 0.05) is 6.42 Å². The highest BCUT2D eigenvalue weighted by atomic mass is 32.2. The number of nitrogens with one attached hydrogen (secondary N) is 3. The molecule has 1 atom stereocenters. The molecule has 0 saturated heterocycles. The van der Waals surface area contributed by atoms with Gasteiger partial charge in [-0.2, -0.15) is 0 Å². The molecule has 32 heavy (non-hydrogen) atoms. The zero-order valence-electron chi connectivity index (χ0n) is 16.6. The summed E-state index contributed by atoms with van der Waals surface area (Å²) < 4.78 is 61.1. The van der Waals surface area contributed by atoms with Crippen molar-refractivity contribution >= 4 is 27.6 Å². The summed E-state index contributed by atoms with van der Waals surface area (Å²) in [5.74, 6) is -2.47. The first-order chi connectivity index (χ1) is 15.2. The molecule has 0 aliphatic heterocycles. The number of halogens is 2. The number of hydrazine groups is 1. The number of anilines is 1. The molecule has 10 nitrogen and oxygen atoms in total. The second-order valence-electron chi connectivity index (χ2n) is 6.45. The third-order valence-electron chi connectivity index (χ3n) is 4.04. The van der Waals surface area contributed by atoms with Crippen LogP contribution in [0.15, 0.2) is 63.9 Å². The van der Waals surface area contributed by atoms with Crippen LogP contribution in [0.4, 0.5) is 14.5 Å². The lowest BCUT2D eigenvalue weighted by atomic mass is 10.3. The minimum atomic E-state index is -4.21. The standard InChI is InChI=1S/C19H18F2N6O4S/c1-12(9-17-22-10-13(20)11-23-17)32(29,30)27-19(24-15-6-3-2-5-14(15)21)26-25-18(28)16-7-4-8-31-16/h2-8,10-12H,9H2,1H3,(H,25,28)(H2,24,26,27). The van der Waals surface area contributed by atoms with Crippen LogP contribution in [-0.2, 0) is 16.4 Å². The van der Waals surface area contributed by atoms with Crippen molar-refractivity contribution in [2.75, 3.05) is 5.32 Å². The number of carbonyl (C=O) groups excluding carboxylic acids is 1. The molecule has 0 saturated carbocycles. The molecule has 0 aliphatic rings. The molecular formula is C19H18F2N6O4S. The van der Waals surface area contributed by atoms with Gasteiger partial charge in [-0.1, -0.05) is 12.1 Å². The summed E-state index contributed by atoms with van der Waals surface area (Å²) in [6.07, 6.45) is 2.96. The molecule has 0 bridgehead atoms. The lowest BCUT2D eigenvalue weighted by molar-refractivity contribution is 0.0916.